The van der Waals surface area contributed by atoms with Gasteiger partial charge in [-0.15, -0.1) is 0 Å². The van der Waals surface area contributed by atoms with Gasteiger partial charge >= 0.3 is 5.97 Å². The molecule has 1 rings (SSSR count). The highest BCUT2D eigenvalue weighted by Gasteiger charge is 2.36. The van der Waals surface area contributed by atoms with Gasteiger partial charge in [0.15, 0.2) is 5.54 Å². The molecule has 15 heavy (non-hydrogen) atoms. The molecule has 0 aliphatic carbocycles. The molecule has 0 aliphatic heterocycles. The summed E-state index contributed by atoms with van der Waals surface area (Å²) in [5.74, 6) is -1.52. The molecule has 0 radical (unpaired) electrons. The zero-order chi connectivity index (χ0) is 11.5. The molecule has 1 aromatic heterocycles. The maximum absolute atomic E-state index is 11.1. The number of hydrogen-bond donors (Lipinski definition) is 2. The van der Waals surface area contributed by atoms with Crippen LogP contribution in [0.4, 0.5) is 0 Å². The van der Waals surface area contributed by atoms with E-state index >= 15 is 0 Å². The van der Waals surface area contributed by atoms with E-state index in [2.05, 4.69) is 10.3 Å². The normalized spacial score (nSPS) is 14.0. The minimum atomic E-state index is -1.43. The van der Waals surface area contributed by atoms with Gasteiger partial charge in [0.2, 0.25) is 5.91 Å². The molecule has 0 bridgehead atoms. The number of hydrogen-bond acceptors (Lipinski definition) is 3. The van der Waals surface area contributed by atoms with Crippen molar-refractivity contribution in [2.24, 2.45) is 0 Å². The maximum Gasteiger partial charge on any atom is 0.333 e. The summed E-state index contributed by atoms with van der Waals surface area (Å²) in [6.45, 7) is 2.70. The van der Waals surface area contributed by atoms with Crippen LogP contribution in [0, 0.1) is 0 Å². The molecule has 1 aromatic rings. The van der Waals surface area contributed by atoms with Gasteiger partial charge in [0, 0.05) is 24.9 Å². The molecule has 5 heteroatoms. The fourth-order valence-corrected chi connectivity index (χ4v) is 1.26. The summed E-state index contributed by atoms with van der Waals surface area (Å²) in [6.07, 6.45) is 2.96. The molecule has 0 fully saturated rings. The Morgan fingerprint density at radius 3 is 2.60 bits per heavy atom. The van der Waals surface area contributed by atoms with E-state index in [-0.39, 0.29) is 0 Å². The second kappa shape index (κ2) is 4.08. The van der Waals surface area contributed by atoms with Crippen LogP contribution in [0.2, 0.25) is 0 Å². The van der Waals surface area contributed by atoms with Crippen molar-refractivity contribution in [1.29, 1.82) is 0 Å². The topological polar surface area (TPSA) is 79.3 Å². The zero-order valence-electron chi connectivity index (χ0n) is 8.52. The lowest BCUT2D eigenvalue weighted by atomic mass is 9.93. The first kappa shape index (κ1) is 11.2. The second-order valence-electron chi connectivity index (χ2n) is 3.35. The Balaban J connectivity index is 3.13. The minimum absolute atomic E-state index is 0.399. The van der Waals surface area contributed by atoms with E-state index in [1.54, 1.807) is 18.3 Å². The second-order valence-corrected chi connectivity index (χ2v) is 3.35. The van der Waals surface area contributed by atoms with Crippen molar-refractivity contribution in [2.75, 3.05) is 0 Å². The Morgan fingerprint density at radius 2 is 2.20 bits per heavy atom. The number of amides is 1. The van der Waals surface area contributed by atoms with Crippen molar-refractivity contribution in [3.05, 3.63) is 30.1 Å². The van der Waals surface area contributed by atoms with Crippen molar-refractivity contribution < 1.29 is 14.7 Å². The van der Waals surface area contributed by atoms with Crippen LogP contribution in [0.25, 0.3) is 0 Å². The number of nitrogens with zero attached hydrogens (tertiary/aromatic N) is 1. The molecule has 0 spiro atoms. The van der Waals surface area contributed by atoms with E-state index < -0.39 is 17.4 Å². The van der Waals surface area contributed by atoms with Gasteiger partial charge in [0.05, 0.1) is 0 Å². The molecular weight excluding hydrogens is 196 g/mol. The molecule has 2 N–H and O–H groups in total. The summed E-state index contributed by atoms with van der Waals surface area (Å²) in [5.41, 5.74) is -0.993. The van der Waals surface area contributed by atoms with Crippen LogP contribution in [0.15, 0.2) is 24.5 Å². The van der Waals surface area contributed by atoms with Gasteiger partial charge in [0.1, 0.15) is 0 Å². The number of rotatable bonds is 3. The van der Waals surface area contributed by atoms with E-state index in [0.717, 1.165) is 0 Å². The fourth-order valence-electron chi connectivity index (χ4n) is 1.26. The number of pyridine rings is 1. The molecule has 0 saturated heterocycles. The highest BCUT2D eigenvalue weighted by atomic mass is 16.4. The van der Waals surface area contributed by atoms with Crippen LogP contribution in [-0.2, 0) is 15.1 Å². The predicted octanol–water partition coefficient (Wildman–Crippen LogP) is 0.517. The standard InChI is InChI=1S/C10H12N2O3/c1-7(13)12-10(2,9(14)15)8-4-3-5-11-6-8/h3-6H,1-2H3,(H,12,13)(H,14,15)/t10-/m1/s1. The summed E-state index contributed by atoms with van der Waals surface area (Å²) in [7, 11) is 0. The first-order chi connectivity index (χ1) is 6.97. The minimum Gasteiger partial charge on any atom is -0.479 e. The van der Waals surface area contributed by atoms with Gasteiger partial charge in [-0.3, -0.25) is 9.78 Å². The summed E-state index contributed by atoms with van der Waals surface area (Å²) in [5, 5.41) is 11.5. The number of carboxylic acids is 1. The van der Waals surface area contributed by atoms with Gasteiger partial charge < -0.3 is 10.4 Å². The molecule has 1 amide bonds. The molecule has 5 nitrogen and oxygen atoms in total. The van der Waals surface area contributed by atoms with Crippen molar-refractivity contribution in [3.8, 4) is 0 Å². The smallest absolute Gasteiger partial charge is 0.333 e. The third kappa shape index (κ3) is 2.31. The summed E-state index contributed by atoms with van der Waals surface area (Å²) < 4.78 is 0. The van der Waals surface area contributed by atoms with E-state index in [1.165, 1.54) is 20.0 Å². The molecule has 0 aliphatic rings. The number of aromatic nitrogens is 1. The SMILES string of the molecule is CC(=O)N[C@@](C)(C(=O)O)c1cccnc1. The van der Waals surface area contributed by atoms with Crippen LogP contribution in [0.1, 0.15) is 19.4 Å². The Bertz CT molecular complexity index is 378. The van der Waals surface area contributed by atoms with Crippen LogP contribution < -0.4 is 5.32 Å². The lowest BCUT2D eigenvalue weighted by molar-refractivity contribution is -0.147. The lowest BCUT2D eigenvalue weighted by Gasteiger charge is -2.25. The molecular formula is C10H12N2O3. The Kier molecular flexibility index (Phi) is 3.04. The molecule has 0 aromatic carbocycles. The molecule has 1 heterocycles. The predicted molar refractivity (Wildman–Crippen MR) is 53.0 cm³/mol. The Labute approximate surface area is 87.1 Å². The van der Waals surface area contributed by atoms with Crippen LogP contribution in [-0.4, -0.2) is 22.0 Å². The van der Waals surface area contributed by atoms with Crippen molar-refractivity contribution >= 4 is 11.9 Å². The molecule has 0 saturated carbocycles. The molecule has 0 unspecified atom stereocenters. The largest absolute Gasteiger partial charge is 0.479 e. The number of carbonyl (C=O) groups excluding carboxylic acids is 1. The Morgan fingerprint density at radius 1 is 1.53 bits per heavy atom. The van der Waals surface area contributed by atoms with Gasteiger partial charge in [-0.05, 0) is 13.0 Å². The van der Waals surface area contributed by atoms with Crippen LogP contribution >= 0.6 is 0 Å². The van der Waals surface area contributed by atoms with Crippen molar-refractivity contribution in [2.45, 2.75) is 19.4 Å². The highest BCUT2D eigenvalue weighted by molar-refractivity contribution is 5.86. The average Bonchev–Trinajstić information content (AvgIpc) is 2.17. The monoisotopic (exact) mass is 208 g/mol. The van der Waals surface area contributed by atoms with Gasteiger partial charge in [-0.2, -0.15) is 0 Å². The van der Waals surface area contributed by atoms with E-state index in [4.69, 9.17) is 5.11 Å². The van der Waals surface area contributed by atoms with Crippen LogP contribution in [0.5, 0.6) is 0 Å². The number of aliphatic carboxylic acids is 1. The first-order valence-corrected chi connectivity index (χ1v) is 4.39. The summed E-state index contributed by atoms with van der Waals surface area (Å²) in [4.78, 5) is 25.9. The van der Waals surface area contributed by atoms with E-state index in [9.17, 15) is 9.59 Å². The molecule has 80 valence electrons. The molecule has 1 atom stereocenters. The van der Waals surface area contributed by atoms with Crippen molar-refractivity contribution in [1.82, 2.24) is 10.3 Å². The van der Waals surface area contributed by atoms with Gasteiger partial charge in [0.25, 0.3) is 0 Å². The van der Waals surface area contributed by atoms with E-state index in [1.807, 2.05) is 0 Å². The average molecular weight is 208 g/mol. The van der Waals surface area contributed by atoms with Crippen molar-refractivity contribution in [3.63, 3.8) is 0 Å². The number of nitrogens with one attached hydrogen (secondary N) is 1. The number of carboxylic acid groups (broad SMARTS) is 1. The lowest BCUT2D eigenvalue weighted by Crippen LogP contribution is -2.48. The van der Waals surface area contributed by atoms with Crippen LogP contribution in [0.3, 0.4) is 0 Å². The summed E-state index contributed by atoms with van der Waals surface area (Å²) >= 11 is 0. The number of carbonyl (C=O) groups is 2. The highest BCUT2D eigenvalue weighted by Crippen LogP contribution is 2.19. The third-order valence-electron chi connectivity index (χ3n) is 2.09. The fraction of sp³-hybridized carbons (Fsp3) is 0.300. The zero-order valence-corrected chi connectivity index (χ0v) is 8.52. The maximum atomic E-state index is 11.1. The van der Waals surface area contributed by atoms with E-state index in [0.29, 0.717) is 5.56 Å². The summed E-state index contributed by atoms with van der Waals surface area (Å²) in [6, 6.07) is 3.23. The Hall–Kier alpha value is -1.91. The van der Waals surface area contributed by atoms with Gasteiger partial charge in [-0.1, -0.05) is 6.07 Å². The first-order valence-electron chi connectivity index (χ1n) is 4.39. The third-order valence-corrected chi connectivity index (χ3v) is 2.09. The van der Waals surface area contributed by atoms with Gasteiger partial charge in [-0.25, -0.2) is 4.79 Å². The quantitative estimate of drug-likeness (QED) is 0.758.